The minimum absolute atomic E-state index is 0.0238. The Labute approximate surface area is 247 Å². The first-order chi connectivity index (χ1) is 20.1. The molecular weight excluding hydrogens is 650 g/mol. The lowest BCUT2D eigenvalue weighted by Gasteiger charge is -2.21. The van der Waals surface area contributed by atoms with Crippen LogP contribution in [0.25, 0.3) is 11.1 Å². The fraction of sp³-hybridized carbons (Fsp3) is 0.200. The molecule has 0 saturated heterocycles. The molecule has 0 saturated carbocycles. The van der Waals surface area contributed by atoms with Gasteiger partial charge >= 0.3 is 24.7 Å². The molecule has 0 aliphatic carbocycles. The Hall–Kier alpha value is -3.10. The SMILES string of the molecule is Cc1cccc(Pc2cc(C(F)(F)F)cc(C(F)(F)F)c2)c1-c1c(C)cccc1Pc1cc(C(F)(F)F)cc(C(F)(F)F)c1. The van der Waals surface area contributed by atoms with Gasteiger partial charge in [0.1, 0.15) is 0 Å². The second-order valence-corrected chi connectivity index (χ2v) is 12.6. The van der Waals surface area contributed by atoms with Crippen LogP contribution >= 0.6 is 17.2 Å². The summed E-state index contributed by atoms with van der Waals surface area (Å²) in [5, 5.41) is 0.171. The lowest BCUT2D eigenvalue weighted by atomic mass is 9.96. The molecule has 0 nitrogen and oxygen atoms in total. The van der Waals surface area contributed by atoms with Crippen LogP contribution in [0.1, 0.15) is 33.4 Å². The van der Waals surface area contributed by atoms with E-state index in [-0.39, 0.29) is 22.7 Å². The number of benzene rings is 4. The van der Waals surface area contributed by atoms with Gasteiger partial charge in [-0.1, -0.05) is 53.6 Å². The number of halogens is 12. The molecule has 4 rings (SSSR count). The van der Waals surface area contributed by atoms with Crippen LogP contribution in [0, 0.1) is 13.8 Å². The Bertz CT molecular complexity index is 1490. The van der Waals surface area contributed by atoms with E-state index in [0.717, 1.165) is 0 Å². The lowest BCUT2D eigenvalue weighted by Crippen LogP contribution is -2.19. The lowest BCUT2D eigenvalue weighted by molar-refractivity contribution is -0.144. The second kappa shape index (κ2) is 12.0. The van der Waals surface area contributed by atoms with Crippen LogP contribution in [0.5, 0.6) is 0 Å². The van der Waals surface area contributed by atoms with Crippen molar-refractivity contribution in [2.45, 2.75) is 38.6 Å². The van der Waals surface area contributed by atoms with Gasteiger partial charge in [0.2, 0.25) is 0 Å². The topological polar surface area (TPSA) is 0 Å². The van der Waals surface area contributed by atoms with E-state index in [1.54, 1.807) is 38.1 Å². The van der Waals surface area contributed by atoms with Crippen LogP contribution in [-0.4, -0.2) is 0 Å². The largest absolute Gasteiger partial charge is 0.416 e. The highest BCUT2D eigenvalue weighted by molar-refractivity contribution is 7.56. The number of aryl methyl sites for hydroxylation is 2. The summed E-state index contributed by atoms with van der Waals surface area (Å²) in [7, 11) is -1.41. The summed E-state index contributed by atoms with van der Waals surface area (Å²) in [6, 6.07) is 12.0. The molecule has 14 heteroatoms. The highest BCUT2D eigenvalue weighted by Crippen LogP contribution is 2.39. The summed E-state index contributed by atoms with van der Waals surface area (Å²) in [6.07, 6.45) is -20.2. The van der Waals surface area contributed by atoms with Crippen LogP contribution < -0.4 is 21.2 Å². The number of rotatable bonds is 5. The van der Waals surface area contributed by atoms with Crippen molar-refractivity contribution in [1.82, 2.24) is 0 Å². The van der Waals surface area contributed by atoms with Crippen LogP contribution in [-0.2, 0) is 24.7 Å². The molecule has 0 fully saturated rings. The molecule has 0 bridgehead atoms. The predicted octanol–water partition coefficient (Wildman–Crippen LogP) is 9.30. The summed E-state index contributed by atoms with van der Waals surface area (Å²) in [4.78, 5) is 0. The smallest absolute Gasteiger partial charge is 0.166 e. The van der Waals surface area contributed by atoms with Gasteiger partial charge in [-0.15, -0.1) is 0 Å². The molecule has 0 spiro atoms. The maximum absolute atomic E-state index is 13.5. The van der Waals surface area contributed by atoms with Crippen LogP contribution in [0.15, 0.2) is 72.8 Å². The van der Waals surface area contributed by atoms with Crippen molar-refractivity contribution < 1.29 is 52.7 Å². The zero-order valence-corrected chi connectivity index (χ0v) is 24.5. The van der Waals surface area contributed by atoms with Crippen molar-refractivity contribution in [2.24, 2.45) is 0 Å². The van der Waals surface area contributed by atoms with Gasteiger partial charge in [-0.05, 0) is 93.7 Å². The minimum atomic E-state index is -5.06. The van der Waals surface area contributed by atoms with Gasteiger partial charge in [0.25, 0.3) is 0 Å². The van der Waals surface area contributed by atoms with Gasteiger partial charge in [-0.2, -0.15) is 52.7 Å². The zero-order valence-electron chi connectivity index (χ0n) is 22.5. The first kappa shape index (κ1) is 33.8. The quantitative estimate of drug-likeness (QED) is 0.147. The molecule has 0 radical (unpaired) electrons. The molecule has 0 aliphatic heterocycles. The summed E-state index contributed by atoms with van der Waals surface area (Å²) < 4.78 is 162. The number of hydrogen-bond donors (Lipinski definition) is 0. The molecule has 4 aromatic rings. The third-order valence-electron chi connectivity index (χ3n) is 6.53. The van der Waals surface area contributed by atoms with Crippen molar-refractivity contribution in [3.8, 4) is 11.1 Å². The monoisotopic (exact) mass is 670 g/mol. The summed E-state index contributed by atoms with van der Waals surface area (Å²) in [6.45, 7) is 3.28. The van der Waals surface area contributed by atoms with E-state index in [0.29, 0.717) is 57.1 Å². The molecule has 4 aromatic carbocycles. The molecule has 2 atom stereocenters. The van der Waals surface area contributed by atoms with Crippen molar-refractivity contribution in [2.75, 3.05) is 0 Å². The highest BCUT2D eigenvalue weighted by Gasteiger charge is 2.38. The predicted molar refractivity (Wildman–Crippen MR) is 149 cm³/mol. The van der Waals surface area contributed by atoms with E-state index in [4.69, 9.17) is 0 Å². The maximum Gasteiger partial charge on any atom is 0.416 e. The molecule has 0 N–H and O–H groups in total. The van der Waals surface area contributed by atoms with E-state index in [1.165, 1.54) is 12.1 Å². The Balaban J connectivity index is 1.88. The minimum Gasteiger partial charge on any atom is -0.166 e. The van der Waals surface area contributed by atoms with Gasteiger partial charge in [-0.25, -0.2) is 0 Å². The Morgan fingerprint density at radius 1 is 0.409 bits per heavy atom. The summed E-state index contributed by atoms with van der Waals surface area (Å²) >= 11 is 0. The average Bonchev–Trinajstić information content (AvgIpc) is 2.87. The molecule has 234 valence electrons. The van der Waals surface area contributed by atoms with Crippen LogP contribution in [0.2, 0.25) is 0 Å². The summed E-state index contributed by atoms with van der Waals surface area (Å²) in [5.41, 5.74) is -3.98. The van der Waals surface area contributed by atoms with Gasteiger partial charge in [-0.3, -0.25) is 0 Å². The van der Waals surface area contributed by atoms with Gasteiger partial charge in [0, 0.05) is 0 Å². The molecule has 0 amide bonds. The Morgan fingerprint density at radius 2 is 0.682 bits per heavy atom. The summed E-state index contributed by atoms with van der Waals surface area (Å²) in [5.74, 6) is 0. The zero-order chi connectivity index (χ0) is 32.8. The van der Waals surface area contributed by atoms with Crippen LogP contribution in [0.3, 0.4) is 0 Å². The molecular formula is C30H20F12P2. The Morgan fingerprint density at radius 3 is 0.932 bits per heavy atom. The van der Waals surface area contributed by atoms with E-state index < -0.39 is 64.1 Å². The number of alkyl halides is 12. The standard InChI is InChI=1S/C30H20F12P2/c1-15-5-3-7-23(43-21-11-17(27(31,32)33)9-18(12-21)28(34,35)36)25(15)26-16(2)6-4-8-24(26)44-22-13-19(29(37,38)39)10-20(14-22)30(40,41)42/h3-14,43-44H,1-2H3. The first-order valence-electron chi connectivity index (χ1n) is 12.5. The normalized spacial score (nSPS) is 13.5. The van der Waals surface area contributed by atoms with Crippen LogP contribution in [0.4, 0.5) is 52.7 Å². The maximum atomic E-state index is 13.5. The third-order valence-corrected chi connectivity index (χ3v) is 9.06. The van der Waals surface area contributed by atoms with E-state index in [1.807, 2.05) is 0 Å². The molecule has 0 heterocycles. The number of hydrogen-bond acceptors (Lipinski definition) is 0. The van der Waals surface area contributed by atoms with E-state index in [9.17, 15) is 52.7 Å². The van der Waals surface area contributed by atoms with Crippen molar-refractivity contribution in [3.63, 3.8) is 0 Å². The molecule has 0 aromatic heterocycles. The molecule has 0 aliphatic rings. The van der Waals surface area contributed by atoms with E-state index >= 15 is 0 Å². The molecule has 44 heavy (non-hydrogen) atoms. The Kier molecular flexibility index (Phi) is 9.22. The van der Waals surface area contributed by atoms with Crippen molar-refractivity contribution >= 4 is 38.4 Å². The van der Waals surface area contributed by atoms with Gasteiger partial charge < -0.3 is 0 Å². The van der Waals surface area contributed by atoms with Crippen molar-refractivity contribution in [1.29, 1.82) is 0 Å². The first-order valence-corrected chi connectivity index (χ1v) is 14.5. The van der Waals surface area contributed by atoms with Gasteiger partial charge in [0.15, 0.2) is 0 Å². The van der Waals surface area contributed by atoms with E-state index in [2.05, 4.69) is 0 Å². The molecule has 2 unspecified atom stereocenters. The highest BCUT2D eigenvalue weighted by atomic mass is 31.1. The fourth-order valence-electron chi connectivity index (χ4n) is 4.57. The van der Waals surface area contributed by atoms with Gasteiger partial charge in [0.05, 0.1) is 22.3 Å². The fourth-order valence-corrected chi connectivity index (χ4v) is 7.36. The van der Waals surface area contributed by atoms with Crippen molar-refractivity contribution in [3.05, 3.63) is 106 Å². The second-order valence-electron chi connectivity index (χ2n) is 9.83. The average molecular weight is 670 g/mol. The third kappa shape index (κ3) is 7.75.